The summed E-state index contributed by atoms with van der Waals surface area (Å²) in [7, 11) is -3.74. The number of halogens is 2. The fourth-order valence-electron chi connectivity index (χ4n) is 3.18. The van der Waals surface area contributed by atoms with E-state index in [1.54, 1.807) is 0 Å². The Hall–Kier alpha value is -2.21. The average molecular weight is 418 g/mol. The Morgan fingerprint density at radius 1 is 0.893 bits per heavy atom. The molecule has 0 aliphatic rings. The van der Waals surface area contributed by atoms with E-state index in [0.717, 1.165) is 23.3 Å². The van der Waals surface area contributed by atoms with Gasteiger partial charge >= 0.3 is 0 Å². The van der Waals surface area contributed by atoms with Gasteiger partial charge in [0.05, 0.1) is 4.90 Å². The third kappa shape index (κ3) is 4.98. The van der Waals surface area contributed by atoms with Crippen LogP contribution in [0.1, 0.15) is 29.9 Å². The molecule has 0 aliphatic carbocycles. The van der Waals surface area contributed by atoms with Crippen molar-refractivity contribution in [3.8, 4) is 0 Å². The molecular formula is C22H21ClFNO2S. The van der Waals surface area contributed by atoms with Gasteiger partial charge in [0.25, 0.3) is 0 Å². The topological polar surface area (TPSA) is 46.2 Å². The molecule has 146 valence electrons. The fraction of sp³-hybridized carbons (Fsp3) is 0.182. The van der Waals surface area contributed by atoms with Crippen LogP contribution in [0.15, 0.2) is 83.8 Å². The molecule has 2 atom stereocenters. The monoisotopic (exact) mass is 417 g/mol. The first-order chi connectivity index (χ1) is 13.4. The van der Waals surface area contributed by atoms with Gasteiger partial charge in [-0.15, -0.1) is 0 Å². The largest absolute Gasteiger partial charge is 0.240 e. The zero-order valence-electron chi connectivity index (χ0n) is 15.3. The number of rotatable bonds is 7. The normalized spacial score (nSPS) is 13.8. The zero-order valence-corrected chi connectivity index (χ0v) is 16.9. The summed E-state index contributed by atoms with van der Waals surface area (Å²) < 4.78 is 41.1. The van der Waals surface area contributed by atoms with E-state index in [2.05, 4.69) is 11.6 Å². The second-order valence-corrected chi connectivity index (χ2v) is 8.87. The summed E-state index contributed by atoms with van der Waals surface area (Å²) in [6.07, 6.45) is 0. The third-order valence-corrected chi connectivity index (χ3v) is 6.54. The average Bonchev–Trinajstić information content (AvgIpc) is 2.69. The summed E-state index contributed by atoms with van der Waals surface area (Å²) in [6, 6.07) is 22.2. The van der Waals surface area contributed by atoms with Crippen molar-refractivity contribution >= 4 is 21.6 Å². The molecule has 0 bridgehead atoms. The van der Waals surface area contributed by atoms with Gasteiger partial charge in [0, 0.05) is 17.5 Å². The van der Waals surface area contributed by atoms with Crippen molar-refractivity contribution in [2.24, 2.45) is 0 Å². The van der Waals surface area contributed by atoms with Gasteiger partial charge in [-0.2, -0.15) is 0 Å². The van der Waals surface area contributed by atoms with Crippen LogP contribution >= 0.6 is 11.6 Å². The van der Waals surface area contributed by atoms with E-state index in [9.17, 15) is 12.8 Å². The Bertz CT molecular complexity index is 1010. The summed E-state index contributed by atoms with van der Waals surface area (Å²) >= 11 is 5.99. The highest BCUT2D eigenvalue weighted by molar-refractivity contribution is 7.89. The van der Waals surface area contributed by atoms with E-state index in [0.29, 0.717) is 5.02 Å². The highest BCUT2D eigenvalue weighted by Crippen LogP contribution is 2.33. The lowest BCUT2D eigenvalue weighted by atomic mass is 9.83. The van der Waals surface area contributed by atoms with Gasteiger partial charge in [-0.1, -0.05) is 61.0 Å². The molecule has 3 rings (SSSR count). The lowest BCUT2D eigenvalue weighted by Gasteiger charge is -2.25. The molecule has 0 saturated heterocycles. The first-order valence-electron chi connectivity index (χ1n) is 8.92. The van der Waals surface area contributed by atoms with Crippen molar-refractivity contribution in [3.05, 3.63) is 101 Å². The van der Waals surface area contributed by atoms with Crippen LogP contribution in [-0.2, 0) is 10.0 Å². The molecule has 3 aromatic carbocycles. The highest BCUT2D eigenvalue weighted by atomic mass is 35.5. The van der Waals surface area contributed by atoms with Crippen LogP contribution in [0.25, 0.3) is 0 Å². The molecule has 0 amide bonds. The number of benzene rings is 3. The van der Waals surface area contributed by atoms with Gasteiger partial charge in [0.1, 0.15) is 5.82 Å². The fourth-order valence-corrected chi connectivity index (χ4v) is 4.36. The molecule has 0 fully saturated rings. The molecule has 1 N–H and O–H groups in total. The first-order valence-corrected chi connectivity index (χ1v) is 10.8. The van der Waals surface area contributed by atoms with Crippen LogP contribution in [-0.4, -0.2) is 15.0 Å². The van der Waals surface area contributed by atoms with E-state index < -0.39 is 15.8 Å². The molecule has 28 heavy (non-hydrogen) atoms. The van der Waals surface area contributed by atoms with E-state index in [1.165, 1.54) is 12.1 Å². The predicted octanol–water partition coefficient (Wildman–Crippen LogP) is 5.34. The summed E-state index contributed by atoms with van der Waals surface area (Å²) in [6.45, 7) is 2.28. The Kier molecular flexibility index (Phi) is 6.50. The minimum atomic E-state index is -3.74. The predicted molar refractivity (Wildman–Crippen MR) is 111 cm³/mol. The van der Waals surface area contributed by atoms with Gasteiger partial charge in [0.2, 0.25) is 10.0 Å². The molecule has 0 aliphatic heterocycles. The maximum atomic E-state index is 13.1. The van der Waals surface area contributed by atoms with Crippen molar-refractivity contribution < 1.29 is 12.8 Å². The lowest BCUT2D eigenvalue weighted by molar-refractivity contribution is 0.539. The minimum absolute atomic E-state index is 0.0415. The minimum Gasteiger partial charge on any atom is -0.211 e. The number of hydrogen-bond donors (Lipinski definition) is 1. The van der Waals surface area contributed by atoms with E-state index in [1.807, 2.05) is 54.6 Å². The Morgan fingerprint density at radius 3 is 2.11 bits per heavy atom. The molecule has 3 aromatic rings. The SMILES string of the molecule is CC(c1ccc(Cl)cc1)C(CNS(=O)(=O)c1ccc(F)cc1)c1ccccc1. The van der Waals surface area contributed by atoms with Crippen molar-refractivity contribution in [2.75, 3.05) is 6.54 Å². The Labute approximate surface area is 170 Å². The smallest absolute Gasteiger partial charge is 0.211 e. The van der Waals surface area contributed by atoms with Crippen molar-refractivity contribution in [3.63, 3.8) is 0 Å². The summed E-state index contributed by atoms with van der Waals surface area (Å²) in [5.41, 5.74) is 2.10. The molecule has 0 radical (unpaired) electrons. The lowest BCUT2D eigenvalue weighted by Crippen LogP contribution is -2.30. The van der Waals surface area contributed by atoms with Crippen molar-refractivity contribution in [2.45, 2.75) is 23.7 Å². The number of nitrogens with one attached hydrogen (secondary N) is 1. The standard InChI is InChI=1S/C22H21ClFNO2S/c1-16(17-7-9-19(23)10-8-17)22(18-5-3-2-4-6-18)15-25-28(26,27)21-13-11-20(24)12-14-21/h2-14,16,22,25H,15H2,1H3. The van der Waals surface area contributed by atoms with Crippen molar-refractivity contribution in [1.82, 2.24) is 4.72 Å². The molecular weight excluding hydrogens is 397 g/mol. The van der Waals surface area contributed by atoms with Gasteiger partial charge in [-0.25, -0.2) is 17.5 Å². The number of hydrogen-bond acceptors (Lipinski definition) is 2. The summed E-state index contributed by atoms with van der Waals surface area (Å²) in [4.78, 5) is 0.0415. The molecule has 6 heteroatoms. The van der Waals surface area contributed by atoms with E-state index in [-0.39, 0.29) is 23.3 Å². The molecule has 0 aromatic heterocycles. The number of sulfonamides is 1. The second-order valence-electron chi connectivity index (χ2n) is 6.66. The Morgan fingerprint density at radius 2 is 1.50 bits per heavy atom. The van der Waals surface area contributed by atoms with Gasteiger partial charge in [-0.3, -0.25) is 0 Å². The summed E-state index contributed by atoms with van der Waals surface area (Å²) in [5.74, 6) is -0.509. The van der Waals surface area contributed by atoms with Crippen molar-refractivity contribution in [1.29, 1.82) is 0 Å². The zero-order chi connectivity index (χ0) is 20.1. The Balaban J connectivity index is 1.85. The highest BCUT2D eigenvalue weighted by Gasteiger charge is 2.24. The van der Waals surface area contributed by atoms with Crippen LogP contribution in [0.2, 0.25) is 5.02 Å². The maximum absolute atomic E-state index is 13.1. The van der Waals surface area contributed by atoms with Crippen LogP contribution in [0.3, 0.4) is 0 Å². The van der Waals surface area contributed by atoms with Crippen LogP contribution in [0.5, 0.6) is 0 Å². The van der Waals surface area contributed by atoms with Gasteiger partial charge < -0.3 is 0 Å². The van der Waals surface area contributed by atoms with E-state index >= 15 is 0 Å². The molecule has 2 unspecified atom stereocenters. The molecule has 3 nitrogen and oxygen atoms in total. The van der Waals surface area contributed by atoms with Crippen LogP contribution in [0, 0.1) is 5.82 Å². The van der Waals surface area contributed by atoms with E-state index in [4.69, 9.17) is 11.6 Å². The third-order valence-electron chi connectivity index (χ3n) is 4.84. The van der Waals surface area contributed by atoms with Crippen LogP contribution < -0.4 is 4.72 Å². The maximum Gasteiger partial charge on any atom is 0.240 e. The molecule has 0 spiro atoms. The van der Waals surface area contributed by atoms with Crippen LogP contribution in [0.4, 0.5) is 4.39 Å². The van der Waals surface area contributed by atoms with Gasteiger partial charge in [0.15, 0.2) is 0 Å². The second kappa shape index (κ2) is 8.86. The molecule has 0 saturated carbocycles. The quantitative estimate of drug-likeness (QED) is 0.563. The summed E-state index contributed by atoms with van der Waals surface area (Å²) in [5, 5.41) is 0.657. The van der Waals surface area contributed by atoms with Gasteiger partial charge in [-0.05, 0) is 53.4 Å². The first kappa shape index (κ1) is 20.5. The molecule has 0 heterocycles.